The first-order valence-electron chi connectivity index (χ1n) is 6.09. The number of aromatic amines is 1. The molecule has 6 heteroatoms. The van der Waals surface area contributed by atoms with Crippen LogP contribution in [0.4, 0.5) is 0 Å². The third-order valence-electron chi connectivity index (χ3n) is 2.95. The van der Waals surface area contributed by atoms with Gasteiger partial charge in [-0.1, -0.05) is 13.3 Å². The van der Waals surface area contributed by atoms with Crippen LogP contribution in [0.1, 0.15) is 38.4 Å². The molecule has 0 aromatic carbocycles. The lowest BCUT2D eigenvalue weighted by atomic mass is 10.3. The van der Waals surface area contributed by atoms with Gasteiger partial charge in [-0.25, -0.2) is 13.4 Å². The Balaban J connectivity index is 2.21. The van der Waals surface area contributed by atoms with Crippen LogP contribution >= 0.6 is 0 Å². The molecule has 1 aromatic heterocycles. The van der Waals surface area contributed by atoms with Crippen molar-refractivity contribution in [3.05, 3.63) is 12.0 Å². The van der Waals surface area contributed by atoms with Gasteiger partial charge in [0.15, 0.2) is 5.03 Å². The molecule has 5 nitrogen and oxygen atoms in total. The van der Waals surface area contributed by atoms with Gasteiger partial charge < -0.3 is 4.98 Å². The molecule has 1 aliphatic carbocycles. The van der Waals surface area contributed by atoms with Gasteiger partial charge >= 0.3 is 0 Å². The van der Waals surface area contributed by atoms with Crippen molar-refractivity contribution in [2.75, 3.05) is 6.54 Å². The van der Waals surface area contributed by atoms with Crippen LogP contribution in [0.25, 0.3) is 0 Å². The molecule has 0 aliphatic heterocycles. The fourth-order valence-corrected chi connectivity index (χ4v) is 3.52. The summed E-state index contributed by atoms with van der Waals surface area (Å²) in [7, 11) is -3.37. The Morgan fingerprint density at radius 2 is 2.24 bits per heavy atom. The second kappa shape index (κ2) is 4.78. The fraction of sp³-hybridized carbons (Fsp3) is 0.727. The highest BCUT2D eigenvalue weighted by Gasteiger charge is 2.38. The first-order chi connectivity index (χ1) is 8.05. The highest BCUT2D eigenvalue weighted by Crippen LogP contribution is 2.31. The van der Waals surface area contributed by atoms with Crippen molar-refractivity contribution in [1.29, 1.82) is 0 Å². The van der Waals surface area contributed by atoms with E-state index in [1.807, 2.05) is 0 Å². The number of nitrogens with zero attached hydrogens (tertiary/aromatic N) is 2. The molecule has 0 atom stereocenters. The number of unbranched alkanes of at least 4 members (excludes halogenated alkanes) is 1. The number of sulfonamides is 1. The molecule has 17 heavy (non-hydrogen) atoms. The van der Waals surface area contributed by atoms with Crippen molar-refractivity contribution in [1.82, 2.24) is 14.3 Å². The zero-order chi connectivity index (χ0) is 12.5. The lowest BCUT2D eigenvalue weighted by Crippen LogP contribution is -2.34. The summed E-state index contributed by atoms with van der Waals surface area (Å²) in [5, 5.41) is 0.220. The normalized spacial score (nSPS) is 16.6. The lowest BCUT2D eigenvalue weighted by Gasteiger charge is -2.20. The molecule has 1 aromatic rings. The SMILES string of the molecule is CCCCN(C1CC1)S(=O)(=O)c1cnc(C)[nH]1. The molecule has 1 heterocycles. The molecule has 1 aliphatic rings. The van der Waals surface area contributed by atoms with E-state index in [2.05, 4.69) is 16.9 Å². The average Bonchev–Trinajstić information content (AvgIpc) is 3.00. The number of rotatable bonds is 6. The number of imidazole rings is 1. The summed E-state index contributed by atoms with van der Waals surface area (Å²) in [6.45, 7) is 4.44. The van der Waals surface area contributed by atoms with Crippen LogP contribution in [-0.2, 0) is 10.0 Å². The summed E-state index contributed by atoms with van der Waals surface area (Å²) in [5.74, 6) is 0.634. The van der Waals surface area contributed by atoms with Gasteiger partial charge in [-0.3, -0.25) is 0 Å². The standard InChI is InChI=1S/C11H19N3O2S/c1-3-4-7-14(10-5-6-10)17(15,16)11-8-12-9(2)13-11/h8,10H,3-7H2,1-2H3,(H,12,13). The van der Waals surface area contributed by atoms with Crippen molar-refractivity contribution >= 4 is 10.0 Å². The first-order valence-corrected chi connectivity index (χ1v) is 7.53. The van der Waals surface area contributed by atoms with Crippen molar-refractivity contribution in [2.24, 2.45) is 0 Å². The predicted octanol–water partition coefficient (Wildman–Crippen LogP) is 1.67. The number of aromatic nitrogens is 2. The summed E-state index contributed by atoms with van der Waals surface area (Å²) < 4.78 is 26.4. The Morgan fingerprint density at radius 1 is 1.53 bits per heavy atom. The number of H-pyrrole nitrogens is 1. The molecule has 0 spiro atoms. The van der Waals surface area contributed by atoms with Crippen LogP contribution in [0.5, 0.6) is 0 Å². The highest BCUT2D eigenvalue weighted by atomic mass is 32.2. The lowest BCUT2D eigenvalue weighted by molar-refractivity contribution is 0.394. The van der Waals surface area contributed by atoms with E-state index >= 15 is 0 Å². The maximum Gasteiger partial charge on any atom is 0.260 e. The minimum atomic E-state index is -3.37. The van der Waals surface area contributed by atoms with Crippen LogP contribution < -0.4 is 0 Å². The van der Waals surface area contributed by atoms with E-state index in [0.29, 0.717) is 12.4 Å². The van der Waals surface area contributed by atoms with Gasteiger partial charge in [0, 0.05) is 12.6 Å². The molecule has 0 saturated heterocycles. The zero-order valence-electron chi connectivity index (χ0n) is 10.3. The smallest absolute Gasteiger partial charge is 0.260 e. The minimum Gasteiger partial charge on any atom is -0.332 e. The van der Waals surface area contributed by atoms with Crippen LogP contribution in [0.3, 0.4) is 0 Å². The van der Waals surface area contributed by atoms with Crippen LogP contribution in [0, 0.1) is 6.92 Å². The molecule has 1 fully saturated rings. The maximum absolute atomic E-state index is 12.4. The third kappa shape index (κ3) is 2.69. The maximum atomic E-state index is 12.4. The monoisotopic (exact) mass is 257 g/mol. The third-order valence-corrected chi connectivity index (χ3v) is 4.81. The Labute approximate surface area is 102 Å². The van der Waals surface area contributed by atoms with Crippen LogP contribution in [0.15, 0.2) is 11.2 Å². The molecule has 96 valence electrons. The van der Waals surface area contributed by atoms with E-state index in [1.54, 1.807) is 11.2 Å². The molecule has 1 N–H and O–H groups in total. The predicted molar refractivity (Wildman–Crippen MR) is 65.1 cm³/mol. The summed E-state index contributed by atoms with van der Waals surface area (Å²) in [6.07, 6.45) is 5.28. The number of aryl methyl sites for hydroxylation is 1. The Morgan fingerprint density at radius 3 is 2.71 bits per heavy atom. The molecular weight excluding hydrogens is 238 g/mol. The highest BCUT2D eigenvalue weighted by molar-refractivity contribution is 7.89. The average molecular weight is 257 g/mol. The number of nitrogens with one attached hydrogen (secondary N) is 1. The van der Waals surface area contributed by atoms with Gasteiger partial charge in [0.05, 0.1) is 6.20 Å². The minimum absolute atomic E-state index is 0.204. The summed E-state index contributed by atoms with van der Waals surface area (Å²) in [4.78, 5) is 6.78. The van der Waals surface area contributed by atoms with Crippen LogP contribution in [0.2, 0.25) is 0 Å². The van der Waals surface area contributed by atoms with Crippen LogP contribution in [-0.4, -0.2) is 35.3 Å². The Bertz CT molecular complexity index is 477. The van der Waals surface area contributed by atoms with E-state index in [4.69, 9.17) is 0 Å². The van der Waals surface area contributed by atoms with E-state index in [1.165, 1.54) is 6.20 Å². The van der Waals surface area contributed by atoms with E-state index in [9.17, 15) is 8.42 Å². The fourth-order valence-electron chi connectivity index (χ4n) is 1.83. The molecule has 2 rings (SSSR count). The summed E-state index contributed by atoms with van der Waals surface area (Å²) in [5.41, 5.74) is 0. The molecule has 0 amide bonds. The Hall–Kier alpha value is -0.880. The number of hydrogen-bond donors (Lipinski definition) is 1. The largest absolute Gasteiger partial charge is 0.332 e. The first kappa shape index (κ1) is 12.6. The summed E-state index contributed by atoms with van der Waals surface area (Å²) >= 11 is 0. The molecule has 1 saturated carbocycles. The summed E-state index contributed by atoms with van der Waals surface area (Å²) in [6, 6.07) is 0.204. The molecular formula is C11H19N3O2S. The van der Waals surface area contributed by atoms with Crippen molar-refractivity contribution in [3.8, 4) is 0 Å². The van der Waals surface area contributed by atoms with Gasteiger partial charge in [-0.05, 0) is 26.2 Å². The van der Waals surface area contributed by atoms with Crippen molar-refractivity contribution < 1.29 is 8.42 Å². The Kier molecular flexibility index (Phi) is 3.53. The topological polar surface area (TPSA) is 66.1 Å². The molecule has 0 bridgehead atoms. The second-order valence-corrected chi connectivity index (χ2v) is 6.39. The van der Waals surface area contributed by atoms with Gasteiger partial charge in [0.1, 0.15) is 5.82 Å². The quantitative estimate of drug-likeness (QED) is 0.843. The molecule has 0 radical (unpaired) electrons. The zero-order valence-corrected chi connectivity index (χ0v) is 11.1. The molecule has 0 unspecified atom stereocenters. The van der Waals surface area contributed by atoms with Gasteiger partial charge in [-0.2, -0.15) is 4.31 Å². The van der Waals surface area contributed by atoms with Crippen molar-refractivity contribution in [3.63, 3.8) is 0 Å². The van der Waals surface area contributed by atoms with E-state index in [-0.39, 0.29) is 11.1 Å². The van der Waals surface area contributed by atoms with Crippen molar-refractivity contribution in [2.45, 2.75) is 50.6 Å². The van der Waals surface area contributed by atoms with E-state index in [0.717, 1.165) is 25.7 Å². The van der Waals surface area contributed by atoms with Gasteiger partial charge in [0.2, 0.25) is 0 Å². The second-order valence-electron chi connectivity index (χ2n) is 4.53. The number of hydrogen-bond acceptors (Lipinski definition) is 3. The van der Waals surface area contributed by atoms with Gasteiger partial charge in [-0.15, -0.1) is 0 Å². The van der Waals surface area contributed by atoms with E-state index < -0.39 is 10.0 Å². The van der Waals surface area contributed by atoms with Gasteiger partial charge in [0.25, 0.3) is 10.0 Å².